The van der Waals surface area contributed by atoms with Crippen LogP contribution in [-0.2, 0) is 11.2 Å². The molecule has 0 saturated carbocycles. The highest BCUT2D eigenvalue weighted by Gasteiger charge is 2.17. The monoisotopic (exact) mass is 263 g/mol. The molecule has 19 heavy (non-hydrogen) atoms. The van der Waals surface area contributed by atoms with E-state index in [2.05, 4.69) is 10.1 Å². The van der Waals surface area contributed by atoms with Crippen LogP contribution in [0.2, 0.25) is 0 Å². The second-order valence-electron chi connectivity index (χ2n) is 4.11. The Labute approximate surface area is 108 Å². The van der Waals surface area contributed by atoms with Crippen LogP contribution in [0.15, 0.2) is 16.8 Å². The minimum Gasteiger partial charge on any atom is -0.480 e. The molecule has 0 aromatic carbocycles. The summed E-state index contributed by atoms with van der Waals surface area (Å²) in [4.78, 5) is 27.7. The quantitative estimate of drug-likeness (QED) is 0.881. The molecule has 0 spiro atoms. The summed E-state index contributed by atoms with van der Waals surface area (Å²) in [6, 6.07) is 1.62. The lowest BCUT2D eigenvalue weighted by Gasteiger charge is -2.13. The van der Waals surface area contributed by atoms with Crippen molar-refractivity contribution in [2.24, 2.45) is 0 Å². The van der Waals surface area contributed by atoms with Crippen molar-refractivity contribution in [1.82, 2.24) is 15.0 Å². The maximum Gasteiger partial charge on any atom is 0.323 e. The summed E-state index contributed by atoms with van der Waals surface area (Å²) in [5, 5.41) is 13.2. The van der Waals surface area contributed by atoms with Gasteiger partial charge in [0, 0.05) is 13.2 Å². The molecule has 0 aliphatic carbocycles. The fraction of sp³-hybridized carbons (Fsp3) is 0.333. The van der Waals surface area contributed by atoms with E-state index in [4.69, 9.17) is 9.63 Å². The molecule has 0 fully saturated rings. The molecule has 0 radical (unpaired) electrons. The van der Waals surface area contributed by atoms with E-state index in [0.29, 0.717) is 23.1 Å². The SMILES string of the molecule is CCc1noc2ncc(C(=O)N(C)CC(=O)O)cc12. The van der Waals surface area contributed by atoms with Crippen molar-refractivity contribution in [3.63, 3.8) is 0 Å². The molecule has 2 aromatic rings. The summed E-state index contributed by atoms with van der Waals surface area (Å²) in [5.74, 6) is -1.47. The number of amides is 1. The van der Waals surface area contributed by atoms with Gasteiger partial charge in [-0.2, -0.15) is 0 Å². The van der Waals surface area contributed by atoms with Crippen LogP contribution in [0.4, 0.5) is 0 Å². The minimum absolute atomic E-state index is 0.314. The van der Waals surface area contributed by atoms with E-state index in [0.717, 1.165) is 10.6 Å². The molecule has 2 heterocycles. The summed E-state index contributed by atoms with van der Waals surface area (Å²) in [6.45, 7) is 1.56. The van der Waals surface area contributed by atoms with Crippen LogP contribution < -0.4 is 0 Å². The average Bonchev–Trinajstić information content (AvgIpc) is 2.78. The standard InChI is InChI=1S/C12H13N3O4/c1-3-9-8-4-7(5-13-11(8)19-14-9)12(18)15(2)6-10(16)17/h4-5H,3,6H2,1-2H3,(H,16,17). The molecule has 0 saturated heterocycles. The van der Waals surface area contributed by atoms with Crippen LogP contribution in [-0.4, -0.2) is 45.6 Å². The molecular weight excluding hydrogens is 250 g/mol. The number of aliphatic carboxylic acids is 1. The van der Waals surface area contributed by atoms with E-state index in [1.165, 1.54) is 13.2 Å². The van der Waals surface area contributed by atoms with Gasteiger partial charge < -0.3 is 14.5 Å². The van der Waals surface area contributed by atoms with Gasteiger partial charge in [-0.25, -0.2) is 4.98 Å². The third-order valence-corrected chi connectivity index (χ3v) is 2.71. The minimum atomic E-state index is -1.07. The normalized spacial score (nSPS) is 10.6. The summed E-state index contributed by atoms with van der Waals surface area (Å²) < 4.78 is 5.02. The zero-order valence-electron chi connectivity index (χ0n) is 10.6. The summed E-state index contributed by atoms with van der Waals surface area (Å²) in [6.07, 6.45) is 2.02. The van der Waals surface area contributed by atoms with Gasteiger partial charge in [-0.3, -0.25) is 9.59 Å². The first-order valence-corrected chi connectivity index (χ1v) is 5.74. The third kappa shape index (κ3) is 2.54. The average molecular weight is 263 g/mol. The largest absolute Gasteiger partial charge is 0.480 e. The van der Waals surface area contributed by atoms with Crippen molar-refractivity contribution in [3.8, 4) is 0 Å². The van der Waals surface area contributed by atoms with Crippen LogP contribution in [0.3, 0.4) is 0 Å². The number of nitrogens with zero attached hydrogens (tertiary/aromatic N) is 3. The van der Waals surface area contributed by atoms with Crippen LogP contribution in [0.25, 0.3) is 11.1 Å². The fourth-order valence-corrected chi connectivity index (χ4v) is 1.75. The van der Waals surface area contributed by atoms with E-state index in [1.54, 1.807) is 6.07 Å². The van der Waals surface area contributed by atoms with Crippen molar-refractivity contribution < 1.29 is 19.2 Å². The van der Waals surface area contributed by atoms with Gasteiger partial charge in [-0.05, 0) is 12.5 Å². The van der Waals surface area contributed by atoms with Gasteiger partial charge in [0.1, 0.15) is 6.54 Å². The number of carbonyl (C=O) groups is 2. The number of carbonyl (C=O) groups excluding carboxylic acids is 1. The Morgan fingerprint density at radius 1 is 1.47 bits per heavy atom. The second-order valence-corrected chi connectivity index (χ2v) is 4.11. The summed E-state index contributed by atoms with van der Waals surface area (Å²) in [7, 11) is 1.43. The lowest BCUT2D eigenvalue weighted by molar-refractivity contribution is -0.137. The van der Waals surface area contributed by atoms with E-state index < -0.39 is 11.9 Å². The third-order valence-electron chi connectivity index (χ3n) is 2.71. The molecule has 0 aliphatic rings. The maximum absolute atomic E-state index is 12.0. The van der Waals surface area contributed by atoms with Gasteiger partial charge >= 0.3 is 5.97 Å². The molecule has 7 heteroatoms. The van der Waals surface area contributed by atoms with Crippen LogP contribution in [0.1, 0.15) is 23.0 Å². The van der Waals surface area contributed by atoms with Crippen molar-refractivity contribution in [1.29, 1.82) is 0 Å². The molecule has 100 valence electrons. The number of aryl methyl sites for hydroxylation is 1. The number of aromatic nitrogens is 2. The zero-order valence-corrected chi connectivity index (χ0v) is 10.6. The Balaban J connectivity index is 2.34. The second kappa shape index (κ2) is 5.05. The Kier molecular flexibility index (Phi) is 3.46. The van der Waals surface area contributed by atoms with E-state index in [-0.39, 0.29) is 6.54 Å². The lowest BCUT2D eigenvalue weighted by atomic mass is 10.1. The molecule has 0 bridgehead atoms. The molecule has 1 amide bonds. The predicted molar refractivity (Wildman–Crippen MR) is 65.8 cm³/mol. The van der Waals surface area contributed by atoms with Gasteiger partial charge in [0.15, 0.2) is 0 Å². The van der Waals surface area contributed by atoms with Crippen molar-refractivity contribution >= 4 is 23.0 Å². The van der Waals surface area contributed by atoms with E-state index in [9.17, 15) is 9.59 Å². The number of carboxylic acids is 1. The van der Waals surface area contributed by atoms with Crippen molar-refractivity contribution in [2.45, 2.75) is 13.3 Å². The van der Waals surface area contributed by atoms with Gasteiger partial charge in [0.2, 0.25) is 0 Å². The Morgan fingerprint density at radius 2 is 2.21 bits per heavy atom. The Hall–Kier alpha value is -2.44. The predicted octanol–water partition coefficient (Wildman–Crippen LogP) is 0.942. The molecule has 0 unspecified atom stereocenters. The number of rotatable bonds is 4. The van der Waals surface area contributed by atoms with Gasteiger partial charge in [-0.15, -0.1) is 0 Å². The lowest BCUT2D eigenvalue weighted by Crippen LogP contribution is -2.31. The first kappa shape index (κ1) is 13.0. The first-order chi connectivity index (χ1) is 9.02. The van der Waals surface area contributed by atoms with Crippen LogP contribution in [0, 0.1) is 0 Å². The summed E-state index contributed by atoms with van der Waals surface area (Å²) >= 11 is 0. The smallest absolute Gasteiger partial charge is 0.323 e. The number of hydrogen-bond donors (Lipinski definition) is 1. The van der Waals surface area contributed by atoms with Gasteiger partial charge in [-0.1, -0.05) is 12.1 Å². The number of carboxylic acid groups (broad SMARTS) is 1. The molecule has 7 nitrogen and oxygen atoms in total. The summed E-state index contributed by atoms with van der Waals surface area (Å²) in [5.41, 5.74) is 1.40. The highest BCUT2D eigenvalue weighted by atomic mass is 16.5. The van der Waals surface area contributed by atoms with Gasteiger partial charge in [0.05, 0.1) is 16.6 Å². The molecule has 1 N–H and O–H groups in total. The van der Waals surface area contributed by atoms with Crippen molar-refractivity contribution in [3.05, 3.63) is 23.5 Å². The first-order valence-electron chi connectivity index (χ1n) is 5.74. The van der Waals surface area contributed by atoms with Crippen molar-refractivity contribution in [2.75, 3.05) is 13.6 Å². The molecule has 2 rings (SSSR count). The Bertz CT molecular complexity index is 635. The highest BCUT2D eigenvalue weighted by molar-refractivity contribution is 5.98. The fourth-order valence-electron chi connectivity index (χ4n) is 1.75. The van der Waals surface area contributed by atoms with Crippen LogP contribution >= 0.6 is 0 Å². The highest BCUT2D eigenvalue weighted by Crippen LogP contribution is 2.18. The zero-order chi connectivity index (χ0) is 14.0. The number of hydrogen-bond acceptors (Lipinski definition) is 5. The number of pyridine rings is 1. The number of fused-ring (bicyclic) bond motifs is 1. The number of likely N-dealkylation sites (N-methyl/N-ethyl adjacent to an activating group) is 1. The molecule has 0 aliphatic heterocycles. The van der Waals surface area contributed by atoms with E-state index in [1.807, 2.05) is 6.92 Å². The van der Waals surface area contributed by atoms with Crippen LogP contribution in [0.5, 0.6) is 0 Å². The topological polar surface area (TPSA) is 96.5 Å². The Morgan fingerprint density at radius 3 is 2.84 bits per heavy atom. The van der Waals surface area contributed by atoms with Gasteiger partial charge in [0.25, 0.3) is 11.6 Å². The van der Waals surface area contributed by atoms with E-state index >= 15 is 0 Å². The maximum atomic E-state index is 12.0. The molecule has 2 aromatic heterocycles. The molecular formula is C12H13N3O4. The molecule has 0 atom stereocenters.